The van der Waals surface area contributed by atoms with Gasteiger partial charge in [-0.05, 0) is 26.2 Å². The first kappa shape index (κ1) is 15.0. The van der Waals surface area contributed by atoms with Crippen LogP contribution < -0.4 is 10.2 Å². The lowest BCUT2D eigenvalue weighted by atomic mass is 9.92. The maximum Gasteiger partial charge on any atom is 0.225 e. The van der Waals surface area contributed by atoms with Crippen molar-refractivity contribution >= 4 is 5.95 Å². The van der Waals surface area contributed by atoms with Crippen molar-refractivity contribution in [3.05, 3.63) is 35.4 Å². The van der Waals surface area contributed by atoms with E-state index in [4.69, 9.17) is 4.98 Å². The number of anilines is 1. The average Bonchev–Trinajstić information content (AvgIpc) is 3.00. The zero-order chi connectivity index (χ0) is 15.5. The van der Waals surface area contributed by atoms with Gasteiger partial charge in [-0.3, -0.25) is 4.68 Å². The molecule has 6 heteroatoms. The Morgan fingerprint density at radius 3 is 2.95 bits per heavy atom. The highest BCUT2D eigenvalue weighted by Crippen LogP contribution is 2.29. The molecule has 0 aliphatic heterocycles. The molecule has 2 aromatic rings. The van der Waals surface area contributed by atoms with Crippen molar-refractivity contribution in [1.82, 2.24) is 25.1 Å². The van der Waals surface area contributed by atoms with Gasteiger partial charge in [0.25, 0.3) is 0 Å². The molecule has 118 valence electrons. The van der Waals surface area contributed by atoms with Crippen LogP contribution in [0.1, 0.15) is 42.6 Å². The number of fused-ring (bicyclic) bond motifs is 1. The van der Waals surface area contributed by atoms with Crippen LogP contribution in [0.5, 0.6) is 0 Å². The first-order valence-corrected chi connectivity index (χ1v) is 7.95. The standard InChI is InChI=1S/C16H24N6/c1-4-22-11-12(9-19-22)8-17-14-6-5-7-15-13(14)10-18-16(20-15)21(2)3/h9-11,14,17H,4-8H2,1-3H3. The van der Waals surface area contributed by atoms with E-state index >= 15 is 0 Å². The predicted octanol–water partition coefficient (Wildman–Crippen LogP) is 1.93. The molecule has 0 saturated carbocycles. The molecule has 6 nitrogen and oxygen atoms in total. The summed E-state index contributed by atoms with van der Waals surface area (Å²) in [6.45, 7) is 3.84. The van der Waals surface area contributed by atoms with Crippen LogP contribution in [-0.2, 0) is 19.5 Å². The molecule has 1 unspecified atom stereocenters. The second-order valence-corrected chi connectivity index (χ2v) is 6.00. The summed E-state index contributed by atoms with van der Waals surface area (Å²) in [6, 6.07) is 0.338. The van der Waals surface area contributed by atoms with Crippen LogP contribution >= 0.6 is 0 Å². The summed E-state index contributed by atoms with van der Waals surface area (Å²) >= 11 is 0. The largest absolute Gasteiger partial charge is 0.347 e. The van der Waals surface area contributed by atoms with Gasteiger partial charge in [-0.25, -0.2) is 9.97 Å². The number of nitrogens with one attached hydrogen (secondary N) is 1. The summed E-state index contributed by atoms with van der Waals surface area (Å²) < 4.78 is 1.96. The molecule has 0 amide bonds. The molecule has 0 aromatic carbocycles. The highest BCUT2D eigenvalue weighted by molar-refractivity contribution is 5.34. The molecule has 0 saturated heterocycles. The number of nitrogens with zero attached hydrogens (tertiary/aromatic N) is 5. The Morgan fingerprint density at radius 2 is 2.23 bits per heavy atom. The van der Waals surface area contributed by atoms with Gasteiger partial charge in [0.15, 0.2) is 0 Å². The normalized spacial score (nSPS) is 17.3. The Kier molecular flexibility index (Phi) is 4.38. The van der Waals surface area contributed by atoms with Crippen LogP contribution in [0.15, 0.2) is 18.6 Å². The maximum absolute atomic E-state index is 4.69. The van der Waals surface area contributed by atoms with Crippen molar-refractivity contribution in [3.8, 4) is 0 Å². The molecule has 1 aliphatic rings. The number of aromatic nitrogens is 4. The second-order valence-electron chi connectivity index (χ2n) is 6.00. The number of rotatable bonds is 5. The van der Waals surface area contributed by atoms with E-state index in [2.05, 4.69) is 28.5 Å². The van der Waals surface area contributed by atoms with E-state index in [0.29, 0.717) is 6.04 Å². The molecule has 0 radical (unpaired) electrons. The van der Waals surface area contributed by atoms with Crippen molar-refractivity contribution < 1.29 is 0 Å². The van der Waals surface area contributed by atoms with Crippen LogP contribution in [-0.4, -0.2) is 33.8 Å². The summed E-state index contributed by atoms with van der Waals surface area (Å²) in [7, 11) is 3.96. The minimum atomic E-state index is 0.338. The van der Waals surface area contributed by atoms with Crippen molar-refractivity contribution in [2.45, 2.75) is 45.3 Å². The van der Waals surface area contributed by atoms with Crippen LogP contribution in [0.2, 0.25) is 0 Å². The summed E-state index contributed by atoms with van der Waals surface area (Å²) in [5.41, 5.74) is 3.66. The third-order valence-electron chi connectivity index (χ3n) is 4.13. The topological polar surface area (TPSA) is 58.9 Å². The van der Waals surface area contributed by atoms with Gasteiger partial charge in [0.1, 0.15) is 0 Å². The molecule has 2 heterocycles. The van der Waals surface area contributed by atoms with Crippen molar-refractivity contribution in [3.63, 3.8) is 0 Å². The molecule has 1 N–H and O–H groups in total. The Balaban J connectivity index is 1.71. The Labute approximate surface area is 131 Å². The fraction of sp³-hybridized carbons (Fsp3) is 0.562. The van der Waals surface area contributed by atoms with Gasteiger partial charge in [0, 0.05) is 56.7 Å². The van der Waals surface area contributed by atoms with E-state index in [1.54, 1.807) is 0 Å². The first-order chi connectivity index (χ1) is 10.7. The molecule has 0 bridgehead atoms. The molecule has 0 spiro atoms. The van der Waals surface area contributed by atoms with E-state index in [-0.39, 0.29) is 0 Å². The molecular formula is C16H24N6. The van der Waals surface area contributed by atoms with Gasteiger partial charge < -0.3 is 10.2 Å². The predicted molar refractivity (Wildman–Crippen MR) is 86.8 cm³/mol. The Hall–Kier alpha value is -1.95. The molecule has 3 rings (SSSR count). The summed E-state index contributed by atoms with van der Waals surface area (Å²) in [4.78, 5) is 11.1. The van der Waals surface area contributed by atoms with Crippen molar-refractivity contribution in [1.29, 1.82) is 0 Å². The highest BCUT2D eigenvalue weighted by atomic mass is 15.3. The zero-order valence-corrected chi connectivity index (χ0v) is 13.6. The van der Waals surface area contributed by atoms with E-state index < -0.39 is 0 Å². The second kappa shape index (κ2) is 6.44. The fourth-order valence-electron chi connectivity index (χ4n) is 2.88. The quantitative estimate of drug-likeness (QED) is 0.914. The lowest BCUT2D eigenvalue weighted by Crippen LogP contribution is -2.26. The van der Waals surface area contributed by atoms with Gasteiger partial charge >= 0.3 is 0 Å². The first-order valence-electron chi connectivity index (χ1n) is 7.95. The van der Waals surface area contributed by atoms with Crippen molar-refractivity contribution in [2.75, 3.05) is 19.0 Å². The van der Waals surface area contributed by atoms with E-state index in [1.807, 2.05) is 36.1 Å². The van der Waals surface area contributed by atoms with Gasteiger partial charge in [-0.15, -0.1) is 0 Å². The minimum absolute atomic E-state index is 0.338. The van der Waals surface area contributed by atoms with E-state index in [9.17, 15) is 0 Å². The molecule has 22 heavy (non-hydrogen) atoms. The molecular weight excluding hydrogens is 276 g/mol. The monoisotopic (exact) mass is 300 g/mol. The van der Waals surface area contributed by atoms with Crippen LogP contribution in [0.4, 0.5) is 5.95 Å². The van der Waals surface area contributed by atoms with Crippen LogP contribution in [0.3, 0.4) is 0 Å². The number of hydrogen-bond acceptors (Lipinski definition) is 5. The average molecular weight is 300 g/mol. The number of aryl methyl sites for hydroxylation is 2. The molecule has 1 aliphatic carbocycles. The smallest absolute Gasteiger partial charge is 0.225 e. The summed E-state index contributed by atoms with van der Waals surface area (Å²) in [5, 5.41) is 7.95. The Bertz CT molecular complexity index is 633. The lowest BCUT2D eigenvalue weighted by Gasteiger charge is -2.26. The van der Waals surface area contributed by atoms with Gasteiger partial charge in [-0.2, -0.15) is 5.10 Å². The lowest BCUT2D eigenvalue weighted by molar-refractivity contribution is 0.452. The fourth-order valence-corrected chi connectivity index (χ4v) is 2.88. The minimum Gasteiger partial charge on any atom is -0.347 e. The molecule has 1 atom stereocenters. The summed E-state index contributed by atoms with van der Waals surface area (Å²) in [6.07, 6.45) is 9.38. The maximum atomic E-state index is 4.69. The van der Waals surface area contributed by atoms with Gasteiger partial charge in [-0.1, -0.05) is 0 Å². The van der Waals surface area contributed by atoms with E-state index in [1.165, 1.54) is 23.2 Å². The SMILES string of the molecule is CCn1cc(CNC2CCCc3nc(N(C)C)ncc32)cn1. The molecule has 2 aromatic heterocycles. The molecule has 0 fully saturated rings. The van der Waals surface area contributed by atoms with E-state index in [0.717, 1.165) is 31.9 Å². The number of hydrogen-bond donors (Lipinski definition) is 1. The van der Waals surface area contributed by atoms with Crippen LogP contribution in [0, 0.1) is 0 Å². The third kappa shape index (κ3) is 3.11. The van der Waals surface area contributed by atoms with Gasteiger partial charge in [0.05, 0.1) is 11.9 Å². The Morgan fingerprint density at radius 1 is 1.36 bits per heavy atom. The zero-order valence-electron chi connectivity index (χ0n) is 13.6. The highest BCUT2D eigenvalue weighted by Gasteiger charge is 2.22. The summed E-state index contributed by atoms with van der Waals surface area (Å²) in [5.74, 6) is 0.795. The van der Waals surface area contributed by atoms with Crippen molar-refractivity contribution in [2.24, 2.45) is 0 Å². The van der Waals surface area contributed by atoms with Gasteiger partial charge in [0.2, 0.25) is 5.95 Å². The van der Waals surface area contributed by atoms with Crippen LogP contribution in [0.25, 0.3) is 0 Å². The third-order valence-corrected chi connectivity index (χ3v) is 4.13.